The Bertz CT molecular complexity index is 379. The van der Waals surface area contributed by atoms with Gasteiger partial charge in [0.15, 0.2) is 0 Å². The van der Waals surface area contributed by atoms with Crippen LogP contribution in [-0.2, 0) is 11.3 Å². The van der Waals surface area contributed by atoms with E-state index in [1.165, 1.54) is 4.88 Å². The highest BCUT2D eigenvalue weighted by molar-refractivity contribution is 7.67. The molecule has 0 amide bonds. The lowest BCUT2D eigenvalue weighted by molar-refractivity contribution is 0.701. The van der Waals surface area contributed by atoms with E-state index in [9.17, 15) is 4.21 Å². The molecule has 1 aliphatic carbocycles. The van der Waals surface area contributed by atoms with Gasteiger partial charge in [-0.25, -0.2) is 4.21 Å². The van der Waals surface area contributed by atoms with Crippen molar-refractivity contribution in [2.45, 2.75) is 5.92 Å². The van der Waals surface area contributed by atoms with Crippen LogP contribution in [0.4, 0.5) is 0 Å². The largest absolute Gasteiger partial charge is 0.212 e. The first-order chi connectivity index (χ1) is 6.40. The van der Waals surface area contributed by atoms with Gasteiger partial charge in [-0.1, -0.05) is 12.2 Å². The maximum atomic E-state index is 10.5. The molecular weight excluding hydrogens is 200 g/mol. The standard InChI is InChI=1S/C10H7OS2/c11-13-9-5-3-8(4-6-9)10-2-1-7-12-10/h2-8H. The number of rotatable bonds is 1. The molecule has 0 aliphatic heterocycles. The van der Waals surface area contributed by atoms with Crippen LogP contribution in [0.1, 0.15) is 10.8 Å². The smallest absolute Gasteiger partial charge is 0.0965 e. The molecule has 1 aromatic rings. The van der Waals surface area contributed by atoms with E-state index in [1.807, 2.05) is 35.8 Å². The first kappa shape index (κ1) is 8.66. The molecule has 0 saturated carbocycles. The van der Waals surface area contributed by atoms with Crippen molar-refractivity contribution in [1.82, 2.24) is 0 Å². The molecule has 1 heterocycles. The number of thiophene rings is 1. The Labute approximate surface area is 84.5 Å². The maximum Gasteiger partial charge on any atom is 0.0965 e. The molecule has 1 aliphatic rings. The lowest BCUT2D eigenvalue weighted by Gasteiger charge is -2.07. The van der Waals surface area contributed by atoms with Crippen LogP contribution in [0, 0.1) is 6.07 Å². The molecule has 0 atom stereocenters. The van der Waals surface area contributed by atoms with Crippen molar-refractivity contribution in [3.8, 4) is 0 Å². The zero-order valence-electron chi connectivity index (χ0n) is 6.77. The number of hydrogen-bond acceptors (Lipinski definition) is 2. The minimum absolute atomic E-state index is 0.326. The highest BCUT2D eigenvalue weighted by Crippen LogP contribution is 2.25. The topological polar surface area (TPSA) is 17.1 Å². The molecule has 1 nitrogen and oxygen atoms in total. The van der Waals surface area contributed by atoms with E-state index < -0.39 is 0 Å². The molecule has 0 fully saturated rings. The van der Waals surface area contributed by atoms with E-state index >= 15 is 0 Å². The zero-order valence-corrected chi connectivity index (χ0v) is 8.40. The average molecular weight is 207 g/mol. The molecule has 1 aromatic heterocycles. The van der Waals surface area contributed by atoms with Crippen molar-refractivity contribution in [1.29, 1.82) is 0 Å². The van der Waals surface area contributed by atoms with Crippen molar-refractivity contribution < 1.29 is 4.21 Å². The molecule has 0 spiro atoms. The van der Waals surface area contributed by atoms with Gasteiger partial charge in [0.05, 0.1) is 16.1 Å². The predicted molar refractivity (Wildman–Crippen MR) is 57.3 cm³/mol. The molecular formula is C10H7OS2. The van der Waals surface area contributed by atoms with Crippen LogP contribution in [0.2, 0.25) is 0 Å². The van der Waals surface area contributed by atoms with E-state index in [2.05, 4.69) is 6.07 Å². The first-order valence-electron chi connectivity index (χ1n) is 3.88. The first-order valence-corrected chi connectivity index (χ1v) is 5.50. The van der Waals surface area contributed by atoms with E-state index in [-0.39, 0.29) is 0 Å². The second kappa shape index (κ2) is 3.85. The average Bonchev–Trinajstić information content (AvgIpc) is 2.71. The Hall–Kier alpha value is -0.930. The van der Waals surface area contributed by atoms with E-state index in [1.54, 1.807) is 11.3 Å². The second-order valence-corrected chi connectivity index (χ2v) is 4.26. The van der Waals surface area contributed by atoms with Gasteiger partial charge in [-0.05, 0) is 29.7 Å². The molecule has 0 bridgehead atoms. The maximum absolute atomic E-state index is 10.5. The van der Waals surface area contributed by atoms with E-state index in [4.69, 9.17) is 0 Å². The third-order valence-corrected chi connectivity index (χ3v) is 3.23. The van der Waals surface area contributed by atoms with Crippen molar-refractivity contribution >= 4 is 27.5 Å². The zero-order chi connectivity index (χ0) is 9.10. The Morgan fingerprint density at radius 3 is 2.69 bits per heavy atom. The summed E-state index contributed by atoms with van der Waals surface area (Å²) in [7, 11) is 0. The summed E-state index contributed by atoms with van der Waals surface area (Å²) < 4.78 is 10.5. The van der Waals surface area contributed by atoms with Gasteiger partial charge in [0, 0.05) is 10.8 Å². The molecule has 0 N–H and O–H groups in total. The van der Waals surface area contributed by atoms with Gasteiger partial charge in [-0.3, -0.25) is 0 Å². The number of allylic oxidation sites excluding steroid dienone is 4. The third-order valence-electron chi connectivity index (χ3n) is 1.85. The summed E-state index contributed by atoms with van der Waals surface area (Å²) in [5.74, 6) is 0.326. The highest BCUT2D eigenvalue weighted by Gasteiger charge is 2.08. The van der Waals surface area contributed by atoms with Crippen molar-refractivity contribution in [3.63, 3.8) is 0 Å². The van der Waals surface area contributed by atoms with Crippen molar-refractivity contribution in [2.75, 3.05) is 0 Å². The Morgan fingerprint density at radius 1 is 1.38 bits per heavy atom. The molecule has 13 heavy (non-hydrogen) atoms. The summed E-state index contributed by atoms with van der Waals surface area (Å²) in [5, 5.41) is 1.94. The van der Waals surface area contributed by atoms with E-state index in [0.717, 1.165) is 4.86 Å². The Kier molecular flexibility index (Phi) is 2.57. The van der Waals surface area contributed by atoms with E-state index in [0.29, 0.717) is 17.2 Å². The molecule has 0 saturated heterocycles. The molecule has 0 unspecified atom stereocenters. The molecule has 65 valence electrons. The highest BCUT2D eigenvalue weighted by atomic mass is 32.1. The minimum Gasteiger partial charge on any atom is -0.212 e. The van der Waals surface area contributed by atoms with Gasteiger partial charge >= 0.3 is 0 Å². The van der Waals surface area contributed by atoms with Crippen LogP contribution in [0.5, 0.6) is 0 Å². The lowest BCUT2D eigenvalue weighted by atomic mass is 10.0. The van der Waals surface area contributed by atoms with Gasteiger partial charge in [0.1, 0.15) is 0 Å². The van der Waals surface area contributed by atoms with Gasteiger partial charge in [0.2, 0.25) is 0 Å². The van der Waals surface area contributed by atoms with Crippen LogP contribution in [0.15, 0.2) is 35.8 Å². The quantitative estimate of drug-likeness (QED) is 0.645. The summed E-state index contributed by atoms with van der Waals surface area (Å²) in [6, 6.07) is 5.01. The van der Waals surface area contributed by atoms with Crippen LogP contribution in [0.3, 0.4) is 0 Å². The Balaban J connectivity index is 2.24. The summed E-state index contributed by atoms with van der Waals surface area (Å²) >= 11 is 2.22. The molecule has 0 aromatic carbocycles. The minimum atomic E-state index is 0.326. The fourth-order valence-electron chi connectivity index (χ4n) is 1.19. The predicted octanol–water partition coefficient (Wildman–Crippen LogP) is 2.14. The molecule has 1 radical (unpaired) electrons. The summed E-state index contributed by atoms with van der Waals surface area (Å²) in [5.41, 5.74) is 0. The second-order valence-electron chi connectivity index (χ2n) is 2.68. The van der Waals surface area contributed by atoms with Gasteiger partial charge in [0.25, 0.3) is 0 Å². The normalized spacial score (nSPS) is 20.6. The van der Waals surface area contributed by atoms with Gasteiger partial charge in [-0.15, -0.1) is 11.3 Å². The lowest BCUT2D eigenvalue weighted by Crippen LogP contribution is -1.97. The summed E-state index contributed by atoms with van der Waals surface area (Å²) in [6.07, 6.45) is 7.84. The molecule has 2 rings (SSSR count). The third kappa shape index (κ3) is 1.87. The van der Waals surface area contributed by atoms with Gasteiger partial charge < -0.3 is 0 Å². The fraction of sp³-hybridized carbons (Fsp3) is 0.100. The summed E-state index contributed by atoms with van der Waals surface area (Å²) in [4.78, 5) is 2.04. The van der Waals surface area contributed by atoms with Crippen molar-refractivity contribution in [2.24, 2.45) is 0 Å². The Morgan fingerprint density at radius 2 is 2.15 bits per heavy atom. The van der Waals surface area contributed by atoms with Crippen LogP contribution in [0.25, 0.3) is 0 Å². The fourth-order valence-corrected chi connectivity index (χ4v) is 2.18. The van der Waals surface area contributed by atoms with Crippen LogP contribution < -0.4 is 0 Å². The van der Waals surface area contributed by atoms with Crippen molar-refractivity contribution in [3.05, 3.63) is 46.7 Å². The van der Waals surface area contributed by atoms with Crippen LogP contribution in [-0.4, -0.2) is 9.07 Å². The monoisotopic (exact) mass is 207 g/mol. The summed E-state index contributed by atoms with van der Waals surface area (Å²) in [6.45, 7) is 0. The molecule has 3 heteroatoms. The van der Waals surface area contributed by atoms with Gasteiger partial charge in [-0.2, -0.15) is 0 Å². The number of hydrogen-bond donors (Lipinski definition) is 0. The SMILES string of the molecule is O=S=C1C=CC(c2c[c]cs2)C=C1. The van der Waals surface area contributed by atoms with Crippen LogP contribution >= 0.6 is 11.3 Å².